The molecule has 174 valence electrons. The molecule has 0 aromatic heterocycles. The van der Waals surface area contributed by atoms with Crippen molar-refractivity contribution in [2.75, 3.05) is 6.54 Å². The molecule has 0 spiro atoms. The molecule has 2 unspecified atom stereocenters. The van der Waals surface area contributed by atoms with Gasteiger partial charge in [0.1, 0.15) is 29.4 Å². The quantitative estimate of drug-likeness (QED) is 0.471. The zero-order valence-corrected chi connectivity index (χ0v) is 19.9. The number of nitrogens with one attached hydrogen (secondary N) is 2. The number of esters is 2. The lowest BCUT2D eigenvalue weighted by atomic mass is 10.0. The molecule has 0 saturated heterocycles. The van der Waals surface area contributed by atoms with Gasteiger partial charge in [-0.3, -0.25) is 9.59 Å². The number of carbonyl (C=O) groups excluding carboxylic acids is 4. The van der Waals surface area contributed by atoms with Gasteiger partial charge in [-0.05, 0) is 68.7 Å². The standard InChI is InChI=1S/C21H38N2O7/c1-13(16(25)28-19(2,3)4)11-14(17(26)29-20(5,6)7)23-15(24)12-22-18(27)30-21(8,9)10/h13-14H,11-12H2,1-10H3,(H,22,27)(H,23,24). The number of carbonyl (C=O) groups is 4. The molecule has 0 aromatic rings. The highest BCUT2D eigenvalue weighted by molar-refractivity contribution is 5.87. The second-order valence-corrected chi connectivity index (χ2v) is 10.2. The summed E-state index contributed by atoms with van der Waals surface area (Å²) in [5.41, 5.74) is -2.15. The molecule has 2 atom stereocenters. The summed E-state index contributed by atoms with van der Waals surface area (Å²) >= 11 is 0. The molecule has 0 aromatic carbocycles. The molecule has 0 aliphatic rings. The number of ether oxygens (including phenoxy) is 3. The van der Waals surface area contributed by atoms with Crippen molar-refractivity contribution in [3.8, 4) is 0 Å². The van der Waals surface area contributed by atoms with Crippen LogP contribution in [0.25, 0.3) is 0 Å². The van der Waals surface area contributed by atoms with Crippen LogP contribution in [0.5, 0.6) is 0 Å². The summed E-state index contributed by atoms with van der Waals surface area (Å²) < 4.78 is 15.8. The molecule has 0 rings (SSSR count). The van der Waals surface area contributed by atoms with Crippen LogP contribution in [-0.2, 0) is 28.6 Å². The molecule has 0 aliphatic heterocycles. The molecule has 0 radical (unpaired) electrons. The van der Waals surface area contributed by atoms with Crippen molar-refractivity contribution < 1.29 is 33.4 Å². The Hall–Kier alpha value is -2.32. The average molecular weight is 431 g/mol. The fraction of sp³-hybridized carbons (Fsp3) is 0.810. The van der Waals surface area contributed by atoms with Crippen molar-refractivity contribution in [3.05, 3.63) is 0 Å². The van der Waals surface area contributed by atoms with Crippen LogP contribution in [0.4, 0.5) is 4.79 Å². The van der Waals surface area contributed by atoms with E-state index in [0.29, 0.717) is 0 Å². The van der Waals surface area contributed by atoms with Gasteiger partial charge in [0, 0.05) is 0 Å². The van der Waals surface area contributed by atoms with Gasteiger partial charge in [0.25, 0.3) is 0 Å². The summed E-state index contributed by atoms with van der Waals surface area (Å²) in [6.45, 7) is 16.6. The van der Waals surface area contributed by atoms with E-state index in [1.165, 1.54) is 0 Å². The fourth-order valence-corrected chi connectivity index (χ4v) is 2.15. The molecule has 0 heterocycles. The maximum atomic E-state index is 12.6. The van der Waals surface area contributed by atoms with Crippen molar-refractivity contribution in [3.63, 3.8) is 0 Å². The second-order valence-electron chi connectivity index (χ2n) is 10.2. The Morgan fingerprint density at radius 1 is 0.733 bits per heavy atom. The first-order valence-electron chi connectivity index (χ1n) is 10.0. The minimum absolute atomic E-state index is 0.0119. The first-order chi connectivity index (χ1) is 13.3. The molecule has 0 aliphatic carbocycles. The highest BCUT2D eigenvalue weighted by Crippen LogP contribution is 2.17. The summed E-state index contributed by atoms with van der Waals surface area (Å²) in [6, 6.07) is -1.08. The summed E-state index contributed by atoms with van der Waals surface area (Å²) in [5, 5.41) is 4.84. The van der Waals surface area contributed by atoms with Crippen molar-refractivity contribution in [1.29, 1.82) is 0 Å². The van der Waals surface area contributed by atoms with Crippen LogP contribution in [0, 0.1) is 5.92 Å². The monoisotopic (exact) mass is 430 g/mol. The number of hydrogen-bond donors (Lipinski definition) is 2. The van der Waals surface area contributed by atoms with Crippen molar-refractivity contribution in [2.45, 2.75) is 98.5 Å². The van der Waals surface area contributed by atoms with E-state index < -0.39 is 59.2 Å². The predicted molar refractivity (Wildman–Crippen MR) is 112 cm³/mol. The third-order valence-electron chi connectivity index (χ3n) is 3.22. The zero-order valence-electron chi connectivity index (χ0n) is 19.9. The Kier molecular flexibility index (Phi) is 9.81. The summed E-state index contributed by atoms with van der Waals surface area (Å²) in [7, 11) is 0. The van der Waals surface area contributed by atoms with Gasteiger partial charge < -0.3 is 24.8 Å². The van der Waals surface area contributed by atoms with Gasteiger partial charge in [-0.25, -0.2) is 9.59 Å². The third-order valence-corrected chi connectivity index (χ3v) is 3.22. The second kappa shape index (κ2) is 10.6. The third kappa shape index (κ3) is 13.8. The molecule has 9 heteroatoms. The van der Waals surface area contributed by atoms with E-state index in [2.05, 4.69) is 10.6 Å². The zero-order chi connectivity index (χ0) is 23.9. The van der Waals surface area contributed by atoms with Crippen molar-refractivity contribution in [2.24, 2.45) is 5.92 Å². The molecule has 9 nitrogen and oxygen atoms in total. The maximum absolute atomic E-state index is 12.6. The van der Waals surface area contributed by atoms with Gasteiger partial charge in [0.05, 0.1) is 5.92 Å². The maximum Gasteiger partial charge on any atom is 0.408 e. The smallest absolute Gasteiger partial charge is 0.408 e. The minimum Gasteiger partial charge on any atom is -0.460 e. The van der Waals surface area contributed by atoms with Crippen LogP contribution in [0.2, 0.25) is 0 Å². The molecule has 2 N–H and O–H groups in total. The van der Waals surface area contributed by atoms with Gasteiger partial charge in [-0.15, -0.1) is 0 Å². The van der Waals surface area contributed by atoms with Crippen LogP contribution in [-0.4, -0.2) is 53.3 Å². The topological polar surface area (TPSA) is 120 Å². The molecular formula is C21H38N2O7. The molecule has 2 amide bonds. The lowest BCUT2D eigenvalue weighted by Crippen LogP contribution is -2.49. The Balaban J connectivity index is 5.09. The lowest BCUT2D eigenvalue weighted by Gasteiger charge is -2.27. The van der Waals surface area contributed by atoms with Crippen molar-refractivity contribution >= 4 is 23.9 Å². The average Bonchev–Trinajstić information content (AvgIpc) is 2.47. The van der Waals surface area contributed by atoms with E-state index in [4.69, 9.17) is 14.2 Å². The molecular weight excluding hydrogens is 392 g/mol. The lowest BCUT2D eigenvalue weighted by molar-refractivity contribution is -0.162. The van der Waals surface area contributed by atoms with Gasteiger partial charge in [-0.1, -0.05) is 6.92 Å². The number of hydrogen-bond acceptors (Lipinski definition) is 7. The summed E-state index contributed by atoms with van der Waals surface area (Å²) in [5.74, 6) is -2.45. The van der Waals surface area contributed by atoms with Gasteiger partial charge in [0.2, 0.25) is 5.91 Å². The minimum atomic E-state index is -1.08. The highest BCUT2D eigenvalue weighted by atomic mass is 16.6. The largest absolute Gasteiger partial charge is 0.460 e. The first-order valence-corrected chi connectivity index (χ1v) is 10.0. The number of amides is 2. The van der Waals surface area contributed by atoms with E-state index >= 15 is 0 Å². The van der Waals surface area contributed by atoms with E-state index in [1.807, 2.05) is 0 Å². The van der Waals surface area contributed by atoms with Gasteiger partial charge in [-0.2, -0.15) is 0 Å². The van der Waals surface area contributed by atoms with Crippen LogP contribution in [0.3, 0.4) is 0 Å². The van der Waals surface area contributed by atoms with Gasteiger partial charge in [0.15, 0.2) is 0 Å². The predicted octanol–water partition coefficient (Wildman–Crippen LogP) is 2.71. The van der Waals surface area contributed by atoms with E-state index in [1.54, 1.807) is 69.2 Å². The van der Waals surface area contributed by atoms with E-state index in [9.17, 15) is 19.2 Å². The van der Waals surface area contributed by atoms with Gasteiger partial charge >= 0.3 is 18.0 Å². The van der Waals surface area contributed by atoms with E-state index in [-0.39, 0.29) is 6.42 Å². The first kappa shape index (κ1) is 27.7. The molecule has 0 saturated carbocycles. The highest BCUT2D eigenvalue weighted by Gasteiger charge is 2.32. The van der Waals surface area contributed by atoms with Crippen LogP contribution in [0.1, 0.15) is 75.7 Å². The van der Waals surface area contributed by atoms with Crippen molar-refractivity contribution in [1.82, 2.24) is 10.6 Å². The number of rotatable bonds is 7. The van der Waals surface area contributed by atoms with Crippen LogP contribution < -0.4 is 10.6 Å². The molecule has 0 fully saturated rings. The SMILES string of the molecule is CC(CC(NC(=O)CNC(=O)OC(C)(C)C)C(=O)OC(C)(C)C)C(=O)OC(C)(C)C. The summed E-state index contributed by atoms with van der Waals surface area (Å²) in [4.78, 5) is 48.8. The van der Waals surface area contributed by atoms with Crippen LogP contribution >= 0.6 is 0 Å². The fourth-order valence-electron chi connectivity index (χ4n) is 2.15. The molecule has 0 bridgehead atoms. The number of alkyl carbamates (subject to hydrolysis) is 1. The Morgan fingerprint density at radius 2 is 1.17 bits per heavy atom. The Labute approximate surface area is 179 Å². The Morgan fingerprint density at radius 3 is 1.60 bits per heavy atom. The van der Waals surface area contributed by atoms with Crippen LogP contribution in [0.15, 0.2) is 0 Å². The molecule has 30 heavy (non-hydrogen) atoms. The normalized spacial score (nSPS) is 14.2. The summed E-state index contributed by atoms with van der Waals surface area (Å²) in [6.07, 6.45) is -0.768. The van der Waals surface area contributed by atoms with E-state index in [0.717, 1.165) is 0 Å². The Bertz CT molecular complexity index is 625.